The van der Waals surface area contributed by atoms with Crippen molar-refractivity contribution in [3.05, 3.63) is 41.8 Å². The molecule has 5 nitrogen and oxygen atoms in total. The van der Waals surface area contributed by atoms with Crippen molar-refractivity contribution in [3.63, 3.8) is 0 Å². The van der Waals surface area contributed by atoms with Crippen LogP contribution >= 0.6 is 0 Å². The Morgan fingerprint density at radius 1 is 1.38 bits per heavy atom. The van der Waals surface area contributed by atoms with Gasteiger partial charge in [0.05, 0.1) is 6.61 Å². The van der Waals surface area contributed by atoms with E-state index in [0.717, 1.165) is 24.9 Å². The fraction of sp³-hybridized carbons (Fsp3) is 0.444. The molecule has 0 bridgehead atoms. The number of nitrogens with zero attached hydrogens (tertiary/aromatic N) is 2. The zero-order chi connectivity index (χ0) is 16.9. The fourth-order valence-corrected chi connectivity index (χ4v) is 2.92. The molecule has 3 rings (SSSR count). The van der Waals surface area contributed by atoms with Crippen molar-refractivity contribution in [2.75, 3.05) is 13.2 Å². The van der Waals surface area contributed by atoms with E-state index in [1.165, 1.54) is 18.6 Å². The van der Waals surface area contributed by atoms with Crippen LogP contribution in [0.15, 0.2) is 34.9 Å². The summed E-state index contributed by atoms with van der Waals surface area (Å²) >= 11 is 0. The molecule has 1 saturated heterocycles. The van der Waals surface area contributed by atoms with E-state index in [2.05, 4.69) is 12.1 Å². The molecule has 0 radical (unpaired) electrons. The van der Waals surface area contributed by atoms with E-state index in [-0.39, 0.29) is 31.0 Å². The molecule has 0 aliphatic carbocycles. The first kappa shape index (κ1) is 16.6. The van der Waals surface area contributed by atoms with Gasteiger partial charge in [-0.3, -0.25) is 4.79 Å². The number of carbonyl (C=O) groups excluding carboxylic acids is 1. The summed E-state index contributed by atoms with van der Waals surface area (Å²) in [5.41, 5.74) is 1.35. The Labute approximate surface area is 140 Å². The quantitative estimate of drug-likeness (QED) is 0.842. The second kappa shape index (κ2) is 7.57. The molecular weight excluding hydrogens is 311 g/mol. The molecule has 128 valence electrons. The van der Waals surface area contributed by atoms with Crippen molar-refractivity contribution in [2.45, 2.75) is 38.8 Å². The van der Waals surface area contributed by atoms with Crippen LogP contribution in [-0.4, -0.2) is 35.2 Å². The molecule has 1 aliphatic heterocycles. The summed E-state index contributed by atoms with van der Waals surface area (Å²) in [5.74, 6) is 0.265. The average Bonchev–Trinajstić information content (AvgIpc) is 3.04. The number of halogens is 1. The summed E-state index contributed by atoms with van der Waals surface area (Å²) < 4.78 is 23.6. The van der Waals surface area contributed by atoms with Gasteiger partial charge in [0.1, 0.15) is 18.1 Å². The van der Waals surface area contributed by atoms with E-state index >= 15 is 0 Å². The highest BCUT2D eigenvalue weighted by molar-refractivity contribution is 5.77. The SMILES string of the molecule is C[C@@H]1CCCCN1C(=O)COCc1cc(-c2ccc(F)cc2)on1. The number of ether oxygens (including phenoxy) is 1. The van der Waals surface area contributed by atoms with E-state index in [1.54, 1.807) is 18.2 Å². The normalized spacial score (nSPS) is 17.9. The molecule has 1 atom stereocenters. The number of hydrogen-bond donors (Lipinski definition) is 0. The van der Waals surface area contributed by atoms with Crippen molar-refractivity contribution in [1.82, 2.24) is 10.1 Å². The lowest BCUT2D eigenvalue weighted by Gasteiger charge is -2.33. The molecular formula is C18H21FN2O3. The molecule has 2 heterocycles. The number of benzene rings is 1. The molecule has 24 heavy (non-hydrogen) atoms. The van der Waals surface area contributed by atoms with Gasteiger partial charge in [0.25, 0.3) is 0 Å². The minimum absolute atomic E-state index is 0.0180. The van der Waals surface area contributed by atoms with Crippen LogP contribution in [0.4, 0.5) is 4.39 Å². The molecule has 0 saturated carbocycles. The van der Waals surface area contributed by atoms with E-state index in [0.29, 0.717) is 11.5 Å². The number of piperidine rings is 1. The summed E-state index contributed by atoms with van der Waals surface area (Å²) in [5, 5.41) is 3.92. The second-order valence-corrected chi connectivity index (χ2v) is 6.11. The minimum atomic E-state index is -0.299. The van der Waals surface area contributed by atoms with Crippen LogP contribution < -0.4 is 0 Å². The standard InChI is InChI=1S/C18H21FN2O3/c1-13-4-2-3-9-21(13)18(22)12-23-11-16-10-17(24-20-16)14-5-7-15(19)8-6-14/h5-8,10,13H,2-4,9,11-12H2,1H3/t13-/m1/s1. The molecule has 0 spiro atoms. The van der Waals surface area contributed by atoms with Crippen molar-refractivity contribution < 1.29 is 18.4 Å². The number of carbonyl (C=O) groups is 1. The average molecular weight is 332 g/mol. The van der Waals surface area contributed by atoms with Crippen LogP contribution in [0, 0.1) is 5.82 Å². The number of hydrogen-bond acceptors (Lipinski definition) is 4. The third-order valence-corrected chi connectivity index (χ3v) is 4.29. The first-order valence-electron chi connectivity index (χ1n) is 8.22. The maximum atomic E-state index is 12.9. The lowest BCUT2D eigenvalue weighted by molar-refractivity contribution is -0.139. The van der Waals surface area contributed by atoms with Gasteiger partial charge in [0.2, 0.25) is 5.91 Å². The highest BCUT2D eigenvalue weighted by Crippen LogP contribution is 2.21. The van der Waals surface area contributed by atoms with Gasteiger partial charge in [-0.05, 0) is 50.5 Å². The highest BCUT2D eigenvalue weighted by Gasteiger charge is 2.23. The molecule has 1 aromatic carbocycles. The summed E-state index contributed by atoms with van der Waals surface area (Å²) in [6.07, 6.45) is 3.29. The first-order chi connectivity index (χ1) is 11.6. The lowest BCUT2D eigenvalue weighted by Crippen LogP contribution is -2.43. The summed E-state index contributed by atoms with van der Waals surface area (Å²) in [7, 11) is 0. The summed E-state index contributed by atoms with van der Waals surface area (Å²) in [6, 6.07) is 8.01. The van der Waals surface area contributed by atoms with Crippen LogP contribution in [0.25, 0.3) is 11.3 Å². The Morgan fingerprint density at radius 2 is 2.17 bits per heavy atom. The Kier molecular flexibility index (Phi) is 5.25. The summed E-state index contributed by atoms with van der Waals surface area (Å²) in [6.45, 7) is 3.13. The minimum Gasteiger partial charge on any atom is -0.365 e. The Morgan fingerprint density at radius 3 is 2.92 bits per heavy atom. The topological polar surface area (TPSA) is 55.6 Å². The predicted molar refractivity (Wildman–Crippen MR) is 86.6 cm³/mol. The third kappa shape index (κ3) is 4.00. The van der Waals surface area contributed by atoms with Gasteiger partial charge < -0.3 is 14.2 Å². The largest absolute Gasteiger partial charge is 0.365 e. The van der Waals surface area contributed by atoms with Gasteiger partial charge in [-0.25, -0.2) is 4.39 Å². The molecule has 1 aliphatic rings. The smallest absolute Gasteiger partial charge is 0.248 e. The third-order valence-electron chi connectivity index (χ3n) is 4.29. The zero-order valence-corrected chi connectivity index (χ0v) is 13.7. The van der Waals surface area contributed by atoms with Crippen molar-refractivity contribution >= 4 is 5.91 Å². The van der Waals surface area contributed by atoms with Crippen LogP contribution in [-0.2, 0) is 16.1 Å². The maximum absolute atomic E-state index is 12.9. The second-order valence-electron chi connectivity index (χ2n) is 6.11. The molecule has 1 aromatic heterocycles. The van der Waals surface area contributed by atoms with Crippen LogP contribution in [0.5, 0.6) is 0 Å². The van der Waals surface area contributed by atoms with Crippen LogP contribution in [0.1, 0.15) is 31.9 Å². The number of likely N-dealkylation sites (tertiary alicyclic amines) is 1. The van der Waals surface area contributed by atoms with Gasteiger partial charge in [0, 0.05) is 24.2 Å². The molecule has 1 amide bonds. The van der Waals surface area contributed by atoms with Crippen molar-refractivity contribution in [1.29, 1.82) is 0 Å². The molecule has 2 aromatic rings. The van der Waals surface area contributed by atoms with Crippen LogP contribution in [0.3, 0.4) is 0 Å². The van der Waals surface area contributed by atoms with Gasteiger partial charge in [0.15, 0.2) is 5.76 Å². The Hall–Kier alpha value is -2.21. The monoisotopic (exact) mass is 332 g/mol. The zero-order valence-electron chi connectivity index (χ0n) is 13.7. The van der Waals surface area contributed by atoms with Gasteiger partial charge >= 0.3 is 0 Å². The molecule has 0 N–H and O–H groups in total. The van der Waals surface area contributed by atoms with E-state index in [4.69, 9.17) is 9.26 Å². The fourth-order valence-electron chi connectivity index (χ4n) is 2.92. The van der Waals surface area contributed by atoms with Gasteiger partial charge in [-0.1, -0.05) is 5.16 Å². The Balaban J connectivity index is 1.50. The molecule has 1 fully saturated rings. The van der Waals surface area contributed by atoms with E-state index in [9.17, 15) is 9.18 Å². The Bertz CT molecular complexity index is 684. The summed E-state index contributed by atoms with van der Waals surface area (Å²) in [4.78, 5) is 14.1. The predicted octanol–water partition coefficient (Wildman–Crippen LogP) is 3.40. The van der Waals surface area contributed by atoms with E-state index < -0.39 is 0 Å². The highest BCUT2D eigenvalue weighted by atomic mass is 19.1. The van der Waals surface area contributed by atoms with Crippen LogP contribution in [0.2, 0.25) is 0 Å². The van der Waals surface area contributed by atoms with Crippen molar-refractivity contribution in [2.24, 2.45) is 0 Å². The lowest BCUT2D eigenvalue weighted by atomic mass is 10.0. The molecule has 0 unspecified atom stereocenters. The number of aromatic nitrogens is 1. The van der Waals surface area contributed by atoms with Gasteiger partial charge in [-0.15, -0.1) is 0 Å². The maximum Gasteiger partial charge on any atom is 0.248 e. The van der Waals surface area contributed by atoms with Crippen molar-refractivity contribution in [3.8, 4) is 11.3 Å². The number of rotatable bonds is 5. The number of amides is 1. The first-order valence-corrected chi connectivity index (χ1v) is 8.22. The van der Waals surface area contributed by atoms with E-state index in [1.807, 2.05) is 4.90 Å². The van der Waals surface area contributed by atoms with Gasteiger partial charge in [-0.2, -0.15) is 0 Å². The molecule has 6 heteroatoms.